The summed E-state index contributed by atoms with van der Waals surface area (Å²) in [6.07, 6.45) is 5.02. The van der Waals surface area contributed by atoms with Crippen LogP contribution in [0.25, 0.3) is 27.5 Å². The van der Waals surface area contributed by atoms with Gasteiger partial charge in [0.25, 0.3) is 5.91 Å². The number of carbonyl (C=O) groups is 2. The van der Waals surface area contributed by atoms with Crippen molar-refractivity contribution >= 4 is 44.2 Å². The van der Waals surface area contributed by atoms with Gasteiger partial charge in [-0.3, -0.25) is 19.4 Å². The minimum absolute atomic E-state index is 0.163. The Balaban J connectivity index is 1.70. The van der Waals surface area contributed by atoms with E-state index < -0.39 is 0 Å². The van der Waals surface area contributed by atoms with Crippen molar-refractivity contribution in [3.8, 4) is 27.5 Å². The Hall–Kier alpha value is -3.41. The number of carbonyl (C=O) groups excluding carboxylic acids is 2. The summed E-state index contributed by atoms with van der Waals surface area (Å²) in [6.45, 7) is 1.47. The zero-order valence-electron chi connectivity index (χ0n) is 18.3. The summed E-state index contributed by atoms with van der Waals surface area (Å²) in [4.78, 5) is 38.4. The van der Waals surface area contributed by atoms with Crippen LogP contribution < -0.4 is 10.8 Å². The van der Waals surface area contributed by atoms with Crippen molar-refractivity contribution < 1.29 is 14.4 Å². The fourth-order valence-electron chi connectivity index (χ4n) is 3.95. The second-order valence-corrected chi connectivity index (χ2v) is 9.46. The molecule has 1 aromatic carbocycles. The number of thiazole rings is 1. The monoisotopic (exact) mass is 538 g/mol. The molecule has 11 heteroatoms. The molecule has 5 rings (SSSR count). The number of anilines is 1. The molecule has 3 heterocycles. The van der Waals surface area contributed by atoms with Gasteiger partial charge in [0.2, 0.25) is 5.91 Å². The van der Waals surface area contributed by atoms with Gasteiger partial charge < -0.3 is 5.32 Å². The maximum absolute atomic E-state index is 12.2. The molecular weight excluding hydrogens is 520 g/mol. The quantitative estimate of drug-likeness (QED) is 0.369. The molecule has 0 fully saturated rings. The van der Waals surface area contributed by atoms with E-state index in [0.717, 1.165) is 51.6 Å². The minimum atomic E-state index is -0.349. The average Bonchev–Trinajstić information content (AvgIpc) is 3.40. The highest BCUT2D eigenvalue weighted by atomic mass is 79.9. The molecular formula is C23H19BrN6O3S. The Bertz CT molecular complexity index is 1420. The third-order valence-corrected chi connectivity index (χ3v) is 7.01. The molecule has 9 nitrogen and oxygen atoms in total. The number of rotatable bonds is 5. The van der Waals surface area contributed by atoms with E-state index in [1.54, 1.807) is 24.5 Å². The Morgan fingerprint density at radius 2 is 2.09 bits per heavy atom. The third kappa shape index (κ3) is 4.02. The van der Waals surface area contributed by atoms with Crippen LogP contribution >= 0.6 is 27.3 Å². The normalized spacial score (nSPS) is 12.1. The number of halogens is 1. The highest BCUT2D eigenvalue weighted by molar-refractivity contribution is 9.10. The molecule has 0 radical (unpaired) electrons. The Morgan fingerprint density at radius 1 is 1.24 bits per heavy atom. The van der Waals surface area contributed by atoms with Gasteiger partial charge >= 0.3 is 0 Å². The molecule has 0 atom stereocenters. The van der Waals surface area contributed by atoms with Gasteiger partial charge in [-0.2, -0.15) is 5.10 Å². The predicted molar refractivity (Wildman–Crippen MR) is 132 cm³/mol. The lowest BCUT2D eigenvalue weighted by molar-refractivity contribution is -0.114. The van der Waals surface area contributed by atoms with Gasteiger partial charge in [0.1, 0.15) is 0 Å². The zero-order chi connectivity index (χ0) is 23.8. The van der Waals surface area contributed by atoms with Gasteiger partial charge in [0.15, 0.2) is 5.13 Å². The number of nitrogens with zero attached hydrogens (tertiary/aromatic N) is 4. The lowest BCUT2D eigenvalue weighted by atomic mass is 9.95. The Labute approximate surface area is 207 Å². The molecule has 0 aliphatic heterocycles. The molecule has 0 unspecified atom stereocenters. The highest BCUT2D eigenvalue weighted by Gasteiger charge is 2.30. The first-order valence-electron chi connectivity index (χ1n) is 10.4. The predicted octanol–water partition coefficient (Wildman–Crippen LogP) is 4.17. The van der Waals surface area contributed by atoms with Crippen LogP contribution in [0.15, 0.2) is 47.2 Å². The van der Waals surface area contributed by atoms with E-state index in [-0.39, 0.29) is 11.8 Å². The number of aryl methyl sites for hydroxylation is 1. The van der Waals surface area contributed by atoms with E-state index in [2.05, 4.69) is 36.7 Å². The maximum atomic E-state index is 12.2. The van der Waals surface area contributed by atoms with Crippen LogP contribution in [-0.4, -0.2) is 38.7 Å². The van der Waals surface area contributed by atoms with Crippen LogP contribution in [-0.2, 0) is 22.5 Å². The molecule has 34 heavy (non-hydrogen) atoms. The van der Waals surface area contributed by atoms with Crippen LogP contribution in [0.5, 0.6) is 0 Å². The van der Waals surface area contributed by atoms with Gasteiger partial charge in [-0.25, -0.2) is 15.1 Å². The molecule has 172 valence electrons. The smallest absolute Gasteiger partial charge is 0.274 e. The number of benzene rings is 1. The fraction of sp³-hybridized carbons (Fsp3) is 0.174. The van der Waals surface area contributed by atoms with E-state index in [9.17, 15) is 9.59 Å². The Morgan fingerprint density at radius 3 is 2.79 bits per heavy atom. The van der Waals surface area contributed by atoms with E-state index in [1.165, 1.54) is 25.4 Å². The van der Waals surface area contributed by atoms with Gasteiger partial charge in [0, 0.05) is 40.5 Å². The highest BCUT2D eigenvalue weighted by Crippen LogP contribution is 2.44. The molecule has 2 amide bonds. The van der Waals surface area contributed by atoms with E-state index in [4.69, 9.17) is 9.94 Å². The molecule has 0 bridgehead atoms. The number of fused-ring (bicyclic) bond motifs is 3. The first-order chi connectivity index (χ1) is 16.5. The SMILES string of the molecule is CONC(=O)c1ccc(-n2nc(-c3cccnc3)c3c2-c2sc(NC(C)=O)nc2CC3)c(Br)c1. The van der Waals surface area contributed by atoms with Crippen molar-refractivity contribution in [3.63, 3.8) is 0 Å². The van der Waals surface area contributed by atoms with Crippen molar-refractivity contribution in [3.05, 3.63) is 64.0 Å². The van der Waals surface area contributed by atoms with Crippen molar-refractivity contribution in [2.24, 2.45) is 0 Å². The van der Waals surface area contributed by atoms with E-state index in [1.807, 2.05) is 22.9 Å². The lowest BCUT2D eigenvalue weighted by Crippen LogP contribution is -2.21. The molecule has 2 N–H and O–H groups in total. The molecule has 0 saturated heterocycles. The van der Waals surface area contributed by atoms with Gasteiger partial charge in [-0.05, 0) is 59.1 Å². The molecule has 0 saturated carbocycles. The van der Waals surface area contributed by atoms with E-state index in [0.29, 0.717) is 15.2 Å². The lowest BCUT2D eigenvalue weighted by Gasteiger charge is -2.15. The first-order valence-corrected chi connectivity index (χ1v) is 12.0. The van der Waals surface area contributed by atoms with Gasteiger partial charge in [-0.1, -0.05) is 11.3 Å². The van der Waals surface area contributed by atoms with Crippen LogP contribution in [0.3, 0.4) is 0 Å². The molecule has 1 aliphatic rings. The standard InChI is InChI=1S/C23H19BrN6O3S/c1-12(31)26-23-27-17-7-6-15-19(14-4-3-9-25-11-14)28-30(20(15)21(17)34-23)18-8-5-13(10-16(18)24)22(32)29-33-2/h3-5,8-11H,6-7H2,1-2H3,(H,29,32)(H,26,27,31). The summed E-state index contributed by atoms with van der Waals surface area (Å²) in [5.41, 5.74) is 8.23. The summed E-state index contributed by atoms with van der Waals surface area (Å²) in [5.74, 6) is -0.512. The summed E-state index contributed by atoms with van der Waals surface area (Å²) in [5, 5.41) is 8.34. The van der Waals surface area contributed by atoms with Crippen molar-refractivity contribution in [1.29, 1.82) is 0 Å². The summed E-state index contributed by atoms with van der Waals surface area (Å²) < 4.78 is 2.56. The molecule has 4 aromatic rings. The number of nitrogens with one attached hydrogen (secondary N) is 2. The average molecular weight is 539 g/mol. The second-order valence-electron chi connectivity index (χ2n) is 7.61. The topological polar surface area (TPSA) is 111 Å². The summed E-state index contributed by atoms with van der Waals surface area (Å²) in [6, 6.07) is 9.14. The zero-order valence-corrected chi connectivity index (χ0v) is 20.7. The molecule has 0 spiro atoms. The molecule has 1 aliphatic carbocycles. The van der Waals surface area contributed by atoms with E-state index >= 15 is 0 Å². The number of amides is 2. The van der Waals surface area contributed by atoms with Crippen molar-refractivity contribution in [2.75, 3.05) is 12.4 Å². The van der Waals surface area contributed by atoms with Gasteiger partial charge in [0.05, 0.1) is 34.8 Å². The second kappa shape index (κ2) is 9.09. The van der Waals surface area contributed by atoms with Crippen LogP contribution in [0.1, 0.15) is 28.5 Å². The number of pyridine rings is 1. The fourth-order valence-corrected chi connectivity index (χ4v) is 5.62. The number of hydrogen-bond acceptors (Lipinski definition) is 7. The van der Waals surface area contributed by atoms with Crippen LogP contribution in [0.2, 0.25) is 0 Å². The molecule has 3 aromatic heterocycles. The van der Waals surface area contributed by atoms with Gasteiger partial charge in [-0.15, -0.1) is 0 Å². The Kier molecular flexibility index (Phi) is 5.98. The van der Waals surface area contributed by atoms with Crippen LogP contribution in [0, 0.1) is 0 Å². The minimum Gasteiger partial charge on any atom is -0.302 e. The first kappa shape index (κ1) is 22.4. The maximum Gasteiger partial charge on any atom is 0.274 e. The van der Waals surface area contributed by atoms with Crippen molar-refractivity contribution in [2.45, 2.75) is 19.8 Å². The summed E-state index contributed by atoms with van der Waals surface area (Å²) in [7, 11) is 1.39. The largest absolute Gasteiger partial charge is 0.302 e. The number of hydroxylamine groups is 1. The summed E-state index contributed by atoms with van der Waals surface area (Å²) >= 11 is 5.04. The number of aromatic nitrogens is 4. The number of hydrogen-bond donors (Lipinski definition) is 2. The van der Waals surface area contributed by atoms with Crippen LogP contribution in [0.4, 0.5) is 5.13 Å². The van der Waals surface area contributed by atoms with Crippen molar-refractivity contribution in [1.82, 2.24) is 25.2 Å². The third-order valence-electron chi connectivity index (χ3n) is 5.36.